The van der Waals surface area contributed by atoms with E-state index >= 15 is 0 Å². The van der Waals surface area contributed by atoms with E-state index in [1.54, 1.807) is 0 Å². The summed E-state index contributed by atoms with van der Waals surface area (Å²) in [6, 6.07) is -0.692. The van der Waals surface area contributed by atoms with Gasteiger partial charge in [-0.3, -0.25) is 0 Å². The molecule has 2 N–H and O–H groups in total. The zero-order valence-corrected chi connectivity index (χ0v) is 10.6. The number of aromatic carboxylic acids is 1. The minimum atomic E-state index is -1.16. The number of ether oxygens (including phenoxy) is 2. The highest BCUT2D eigenvalue weighted by atomic mass is 16.5. The van der Waals surface area contributed by atoms with E-state index in [0.717, 1.165) is 0 Å². The molecule has 9 nitrogen and oxygen atoms in total. The molecule has 1 aromatic rings. The van der Waals surface area contributed by atoms with Crippen LogP contribution in [0.2, 0.25) is 0 Å². The number of aromatic nitrogens is 3. The first-order valence-electron chi connectivity index (χ1n) is 5.89. The van der Waals surface area contributed by atoms with Crippen LogP contribution >= 0.6 is 0 Å². The number of carboxylic acids is 1. The van der Waals surface area contributed by atoms with Crippen molar-refractivity contribution in [2.75, 3.05) is 19.8 Å². The zero-order chi connectivity index (χ0) is 14.5. The van der Waals surface area contributed by atoms with E-state index in [0.29, 0.717) is 6.61 Å². The first-order chi connectivity index (χ1) is 9.61. The first-order valence-corrected chi connectivity index (χ1v) is 5.89. The Morgan fingerprint density at radius 3 is 3.10 bits per heavy atom. The Morgan fingerprint density at radius 1 is 1.65 bits per heavy atom. The van der Waals surface area contributed by atoms with Gasteiger partial charge in [-0.15, -0.1) is 5.10 Å². The first kappa shape index (κ1) is 14.0. The highest BCUT2D eigenvalue weighted by Crippen LogP contribution is 2.19. The number of carbonyl (C=O) groups excluding carboxylic acids is 1. The maximum absolute atomic E-state index is 11.5. The smallest absolute Gasteiger partial charge is 0.407 e. The van der Waals surface area contributed by atoms with E-state index in [1.807, 2.05) is 0 Å². The van der Waals surface area contributed by atoms with Crippen LogP contribution < -0.4 is 5.32 Å². The largest absolute Gasteiger partial charge is 0.476 e. The van der Waals surface area contributed by atoms with Crippen LogP contribution in [-0.2, 0) is 9.47 Å². The summed E-state index contributed by atoms with van der Waals surface area (Å²) >= 11 is 0. The van der Waals surface area contributed by atoms with Crippen LogP contribution in [0.3, 0.4) is 0 Å². The van der Waals surface area contributed by atoms with E-state index in [9.17, 15) is 9.59 Å². The van der Waals surface area contributed by atoms with Crippen molar-refractivity contribution in [3.63, 3.8) is 0 Å². The van der Waals surface area contributed by atoms with Crippen LogP contribution in [0, 0.1) is 0 Å². The molecule has 0 unspecified atom stereocenters. The van der Waals surface area contributed by atoms with Gasteiger partial charge in [0.15, 0.2) is 5.69 Å². The number of hydrogen-bond donors (Lipinski definition) is 2. The van der Waals surface area contributed by atoms with E-state index in [-0.39, 0.29) is 31.0 Å². The molecule has 1 aromatic heterocycles. The third-order valence-electron chi connectivity index (χ3n) is 2.76. The molecular weight excluding hydrogens is 268 g/mol. The molecule has 0 radical (unpaired) electrons. The van der Waals surface area contributed by atoms with Crippen molar-refractivity contribution < 1.29 is 24.2 Å². The number of amides is 1. The van der Waals surface area contributed by atoms with Crippen molar-refractivity contribution >= 4 is 12.1 Å². The van der Waals surface area contributed by atoms with Gasteiger partial charge in [0, 0.05) is 0 Å². The summed E-state index contributed by atoms with van der Waals surface area (Å²) in [7, 11) is 0. The van der Waals surface area contributed by atoms with Gasteiger partial charge in [-0.05, 0) is 0 Å². The van der Waals surface area contributed by atoms with Crippen molar-refractivity contribution in [2.45, 2.75) is 12.1 Å². The highest BCUT2D eigenvalue weighted by molar-refractivity contribution is 5.84. The van der Waals surface area contributed by atoms with E-state index < -0.39 is 12.1 Å². The van der Waals surface area contributed by atoms with Crippen molar-refractivity contribution in [1.29, 1.82) is 0 Å². The number of carbonyl (C=O) groups is 2. The van der Waals surface area contributed by atoms with Gasteiger partial charge in [0.1, 0.15) is 6.61 Å². The molecule has 0 aliphatic carbocycles. The zero-order valence-electron chi connectivity index (χ0n) is 10.6. The minimum Gasteiger partial charge on any atom is -0.476 e. The monoisotopic (exact) mass is 282 g/mol. The predicted octanol–water partition coefficient (Wildman–Crippen LogP) is -0.172. The molecular formula is C11H14N4O5. The summed E-state index contributed by atoms with van der Waals surface area (Å²) in [5, 5.41) is 18.7. The Bertz CT molecular complexity index is 515. The lowest BCUT2D eigenvalue weighted by Crippen LogP contribution is -2.41. The van der Waals surface area contributed by atoms with Crippen molar-refractivity contribution in [3.05, 3.63) is 24.5 Å². The van der Waals surface area contributed by atoms with Gasteiger partial charge in [-0.2, -0.15) is 0 Å². The van der Waals surface area contributed by atoms with Crippen LogP contribution in [-0.4, -0.2) is 58.0 Å². The minimum absolute atomic E-state index is 0.108. The molecule has 1 aliphatic heterocycles. The average molecular weight is 282 g/mol. The summed E-state index contributed by atoms with van der Waals surface area (Å²) in [6.45, 7) is 4.13. The molecule has 1 saturated heterocycles. The molecule has 9 heteroatoms. The van der Waals surface area contributed by atoms with Gasteiger partial charge in [0.2, 0.25) is 0 Å². The van der Waals surface area contributed by atoms with Crippen LogP contribution in [0.15, 0.2) is 18.9 Å². The van der Waals surface area contributed by atoms with Gasteiger partial charge in [-0.25, -0.2) is 14.3 Å². The molecule has 1 fully saturated rings. The van der Waals surface area contributed by atoms with Crippen LogP contribution in [0.5, 0.6) is 0 Å². The lowest BCUT2D eigenvalue weighted by molar-refractivity contribution is 0.0690. The summed E-state index contributed by atoms with van der Waals surface area (Å²) in [6.07, 6.45) is 2.16. The topological polar surface area (TPSA) is 116 Å². The normalized spacial score (nSPS) is 21.4. The third-order valence-corrected chi connectivity index (χ3v) is 2.76. The molecule has 0 saturated carbocycles. The second kappa shape index (κ2) is 6.15. The Morgan fingerprint density at radius 2 is 2.45 bits per heavy atom. The van der Waals surface area contributed by atoms with Gasteiger partial charge in [0.05, 0.1) is 31.5 Å². The van der Waals surface area contributed by atoms with E-state index in [4.69, 9.17) is 14.6 Å². The van der Waals surface area contributed by atoms with Gasteiger partial charge in [0.25, 0.3) is 0 Å². The molecule has 1 amide bonds. The maximum Gasteiger partial charge on any atom is 0.407 e. The number of nitrogens with zero attached hydrogens (tertiary/aromatic N) is 3. The fourth-order valence-corrected chi connectivity index (χ4v) is 1.81. The van der Waals surface area contributed by atoms with Gasteiger partial charge >= 0.3 is 12.1 Å². The van der Waals surface area contributed by atoms with E-state index in [1.165, 1.54) is 17.0 Å². The van der Waals surface area contributed by atoms with Crippen LogP contribution in [0.4, 0.5) is 4.79 Å². The molecule has 20 heavy (non-hydrogen) atoms. The second-order valence-electron chi connectivity index (χ2n) is 4.13. The fraction of sp³-hybridized carbons (Fsp3) is 0.455. The second-order valence-corrected chi connectivity index (χ2v) is 4.13. The summed E-state index contributed by atoms with van der Waals surface area (Å²) < 4.78 is 11.5. The van der Waals surface area contributed by atoms with Crippen LogP contribution in [0.1, 0.15) is 16.5 Å². The lowest BCUT2D eigenvalue weighted by atomic mass is 10.2. The lowest BCUT2D eigenvalue weighted by Gasteiger charge is -2.18. The Kier molecular flexibility index (Phi) is 4.31. The SMILES string of the molecule is C=CCOC(=O)N[C@H]1COC[C@H]1n1cc(C(=O)O)nn1. The Balaban J connectivity index is 2.00. The molecule has 2 heterocycles. The average Bonchev–Trinajstić information content (AvgIpc) is 3.04. The number of rotatable bonds is 5. The van der Waals surface area contributed by atoms with Crippen molar-refractivity contribution in [3.8, 4) is 0 Å². The molecule has 1 aliphatic rings. The number of carboxylic acid groups (broad SMARTS) is 1. The molecule has 0 bridgehead atoms. The number of hydrogen-bond acceptors (Lipinski definition) is 6. The third kappa shape index (κ3) is 3.12. The van der Waals surface area contributed by atoms with Crippen molar-refractivity contribution in [1.82, 2.24) is 20.3 Å². The van der Waals surface area contributed by atoms with Crippen molar-refractivity contribution in [2.24, 2.45) is 0 Å². The summed E-state index contributed by atoms with van der Waals surface area (Å²) in [5.41, 5.74) is -0.162. The fourth-order valence-electron chi connectivity index (χ4n) is 1.81. The molecule has 2 rings (SSSR count). The number of alkyl carbamates (subject to hydrolysis) is 1. The standard InChI is InChI=1S/C11H14N4O5/c1-2-3-20-11(18)12-8-5-19-6-9(8)15-4-7(10(16)17)13-14-15/h2,4,8-9H,1,3,5-6H2,(H,12,18)(H,16,17)/t8-,9+/m0/s1. The Labute approximate surface area is 114 Å². The predicted molar refractivity (Wildman–Crippen MR) is 65.3 cm³/mol. The molecule has 0 spiro atoms. The van der Waals surface area contributed by atoms with E-state index in [2.05, 4.69) is 22.2 Å². The van der Waals surface area contributed by atoms with Crippen LogP contribution in [0.25, 0.3) is 0 Å². The van der Waals surface area contributed by atoms with Gasteiger partial charge < -0.3 is 19.9 Å². The number of nitrogens with one attached hydrogen (secondary N) is 1. The molecule has 2 atom stereocenters. The molecule has 0 aromatic carbocycles. The molecule has 108 valence electrons. The maximum atomic E-state index is 11.5. The quantitative estimate of drug-likeness (QED) is 0.720. The van der Waals surface area contributed by atoms with Gasteiger partial charge in [-0.1, -0.05) is 17.9 Å². The summed E-state index contributed by atoms with van der Waals surface area (Å²) in [5.74, 6) is -1.16. The summed E-state index contributed by atoms with van der Waals surface area (Å²) in [4.78, 5) is 22.2. The highest BCUT2D eigenvalue weighted by Gasteiger charge is 2.32. The Hall–Kier alpha value is -2.42.